The van der Waals surface area contributed by atoms with Crippen molar-refractivity contribution in [3.8, 4) is 0 Å². The van der Waals surface area contributed by atoms with Crippen LogP contribution >= 0.6 is 0 Å². The van der Waals surface area contributed by atoms with Gasteiger partial charge < -0.3 is 0 Å². The van der Waals surface area contributed by atoms with E-state index >= 15 is 0 Å². The van der Waals surface area contributed by atoms with Crippen molar-refractivity contribution in [2.24, 2.45) is 82.9 Å². The maximum atomic E-state index is 1.62. The van der Waals surface area contributed by atoms with Crippen LogP contribution in [-0.2, 0) is 0 Å². The van der Waals surface area contributed by atoms with Crippen molar-refractivity contribution < 1.29 is 0 Å². The van der Waals surface area contributed by atoms with Gasteiger partial charge >= 0.3 is 0 Å². The summed E-state index contributed by atoms with van der Waals surface area (Å²) >= 11 is 0. The van der Waals surface area contributed by atoms with Gasteiger partial charge in [-0.05, 0) is 134 Å². The van der Waals surface area contributed by atoms with Gasteiger partial charge in [0.15, 0.2) is 0 Å². The van der Waals surface area contributed by atoms with Crippen LogP contribution in [0.25, 0.3) is 0 Å². The van der Waals surface area contributed by atoms with Gasteiger partial charge in [-0.1, -0.05) is 161 Å². The van der Waals surface area contributed by atoms with Gasteiger partial charge in [0.25, 0.3) is 0 Å². The SMILES string of the molecule is C1CC2CC2C1.C1CC2CCC(C1)C2.C1CC2CCC(C1)CC2.C1CC2CCC1C1CC21.C1CC2CCC1C2.C1CC2CCC1CC2. The van der Waals surface area contributed by atoms with Crippen LogP contribution in [0.5, 0.6) is 0 Å². The van der Waals surface area contributed by atoms with Gasteiger partial charge in [-0.25, -0.2) is 0 Å². The molecule has 16 aliphatic carbocycles. The van der Waals surface area contributed by atoms with E-state index < -0.39 is 0 Å². The monoisotopic (exact) mass is 645 g/mol. The highest BCUT2D eigenvalue weighted by Gasteiger charge is 2.53. The quantitative estimate of drug-likeness (QED) is 0.246. The van der Waals surface area contributed by atoms with E-state index in [-0.39, 0.29) is 0 Å². The smallest absolute Gasteiger partial charge is 0.0352 e. The Kier molecular flexibility index (Phi) is 12.0. The van der Waals surface area contributed by atoms with Gasteiger partial charge in [0, 0.05) is 0 Å². The van der Waals surface area contributed by atoms with E-state index in [0.717, 1.165) is 35.5 Å². The van der Waals surface area contributed by atoms with Crippen LogP contribution < -0.4 is 0 Å². The zero-order valence-electron chi connectivity index (χ0n) is 31.4. The predicted octanol–water partition coefficient (Wildman–Crippen LogP) is 14.6. The molecule has 6 atom stereocenters. The Morgan fingerprint density at radius 1 is 0.170 bits per heavy atom. The van der Waals surface area contributed by atoms with E-state index in [1.807, 2.05) is 0 Å². The average Bonchev–Trinajstić information content (AvgIpc) is 3.98. The third-order valence-corrected chi connectivity index (χ3v) is 17.8. The predicted molar refractivity (Wildman–Crippen MR) is 201 cm³/mol. The summed E-state index contributed by atoms with van der Waals surface area (Å²) in [6.07, 6.45) is 51.6. The molecule has 16 saturated carbocycles. The molecule has 0 spiro atoms. The van der Waals surface area contributed by atoms with Crippen molar-refractivity contribution in [1.29, 1.82) is 0 Å². The van der Waals surface area contributed by atoms with Gasteiger partial charge in [-0.15, -0.1) is 0 Å². The van der Waals surface area contributed by atoms with Crippen LogP contribution in [0.4, 0.5) is 0 Å². The van der Waals surface area contributed by atoms with Gasteiger partial charge in [0.2, 0.25) is 0 Å². The first kappa shape index (κ1) is 34.1. The molecule has 16 fully saturated rings. The van der Waals surface area contributed by atoms with Gasteiger partial charge in [0.1, 0.15) is 0 Å². The second-order valence-corrected chi connectivity index (χ2v) is 20.8. The topological polar surface area (TPSA) is 0 Å². The lowest BCUT2D eigenvalue weighted by Crippen LogP contribution is -2.24. The average molecular weight is 645 g/mol. The summed E-state index contributed by atoms with van der Waals surface area (Å²) < 4.78 is 0. The molecule has 0 N–H and O–H groups in total. The second-order valence-electron chi connectivity index (χ2n) is 20.8. The molecule has 0 radical (unpaired) electrons. The molecule has 0 heterocycles. The fraction of sp³-hybridized carbons (Fsp3) is 1.00. The molecule has 0 amide bonds. The first-order valence-electron chi connectivity index (χ1n) is 23.2. The molecule has 10 bridgehead atoms. The normalized spacial score (nSPS) is 49.0. The molecule has 0 aromatic rings. The van der Waals surface area contributed by atoms with E-state index in [1.165, 1.54) is 66.6 Å². The molecule has 0 aliphatic heterocycles. The lowest BCUT2D eigenvalue weighted by atomic mass is 9.71. The maximum Gasteiger partial charge on any atom is -0.0352 e. The van der Waals surface area contributed by atoms with E-state index in [9.17, 15) is 0 Å². The van der Waals surface area contributed by atoms with Crippen molar-refractivity contribution >= 4 is 0 Å². The summed E-state index contributed by atoms with van der Waals surface area (Å²) in [5.41, 5.74) is 0. The third kappa shape index (κ3) is 9.66. The van der Waals surface area contributed by atoms with E-state index in [2.05, 4.69) is 0 Å². The fourth-order valence-electron chi connectivity index (χ4n) is 14.3. The number of hydrogen-bond acceptors (Lipinski definition) is 0. The molecule has 6 unspecified atom stereocenters. The molecule has 0 saturated heterocycles. The highest BCUT2D eigenvalue weighted by molar-refractivity contribution is 5.02. The lowest BCUT2D eigenvalue weighted by molar-refractivity contribution is 0.161. The molecular weight excluding hydrogens is 565 g/mol. The first-order valence-corrected chi connectivity index (χ1v) is 23.2. The van der Waals surface area contributed by atoms with Crippen LogP contribution in [0, 0.1) is 82.9 Å². The summed E-state index contributed by atoms with van der Waals surface area (Å²) in [4.78, 5) is 0. The molecule has 16 aliphatic rings. The fourth-order valence-corrected chi connectivity index (χ4v) is 14.3. The molecule has 47 heavy (non-hydrogen) atoms. The summed E-state index contributed by atoms with van der Waals surface area (Å²) in [5.74, 6) is 16.5. The zero-order valence-corrected chi connectivity index (χ0v) is 31.4. The minimum absolute atomic E-state index is 1.14. The molecule has 268 valence electrons. The van der Waals surface area contributed by atoms with Crippen LogP contribution in [0.3, 0.4) is 0 Å². The molecule has 16 rings (SSSR count). The van der Waals surface area contributed by atoms with E-state index in [1.54, 1.807) is 193 Å². The van der Waals surface area contributed by atoms with Crippen molar-refractivity contribution in [3.63, 3.8) is 0 Å². The van der Waals surface area contributed by atoms with E-state index in [0.29, 0.717) is 0 Å². The van der Waals surface area contributed by atoms with Crippen LogP contribution in [0.15, 0.2) is 0 Å². The second kappa shape index (κ2) is 16.6. The van der Waals surface area contributed by atoms with Gasteiger partial charge in [0.05, 0.1) is 0 Å². The van der Waals surface area contributed by atoms with Gasteiger partial charge in [-0.2, -0.15) is 0 Å². The minimum Gasteiger partial charge on any atom is -0.0528 e. The Hall–Kier alpha value is 0. The molecular formula is C47H80. The summed E-state index contributed by atoms with van der Waals surface area (Å²) in [5, 5.41) is 0. The van der Waals surface area contributed by atoms with Crippen molar-refractivity contribution in [2.45, 2.75) is 212 Å². The largest absolute Gasteiger partial charge is 0.0528 e. The molecule has 0 heteroatoms. The Bertz CT molecular complexity index is 801. The lowest BCUT2D eigenvalue weighted by Gasteiger charge is -2.35. The molecule has 0 aromatic heterocycles. The molecule has 0 aromatic carbocycles. The highest BCUT2D eigenvalue weighted by Crippen LogP contribution is 2.62. The first-order chi connectivity index (χ1) is 23.2. The summed E-state index contributed by atoms with van der Waals surface area (Å²) in [6, 6.07) is 0. The summed E-state index contributed by atoms with van der Waals surface area (Å²) in [6.45, 7) is 0. The van der Waals surface area contributed by atoms with Crippen LogP contribution in [0.2, 0.25) is 0 Å². The maximum absolute atomic E-state index is 1.62. The number of rotatable bonds is 0. The van der Waals surface area contributed by atoms with Crippen molar-refractivity contribution in [1.82, 2.24) is 0 Å². The van der Waals surface area contributed by atoms with E-state index in [4.69, 9.17) is 0 Å². The van der Waals surface area contributed by atoms with Crippen LogP contribution in [-0.4, -0.2) is 0 Å². The zero-order chi connectivity index (χ0) is 31.4. The standard InChI is InChI=1S/C9H14.C9H16.2C8H14.C7H12.C6H10/c1-2-7-4-3-6(1)8-5-9(7)8;1-2-8-4-6-9(3-1)7-5-8;1-2-8-5-3-7(1)4-6-8;1-2-7-4-5-8(3-1)6-7;1-2-7-4-3-6(1)5-7;1-2-5-4-6(5)3-1/h6-9H,1-5H2;8-9H,1-7H2;2*7-8H,1-6H2;6-7H,1-5H2;5-6H,1-4H2. The highest BCUT2D eigenvalue weighted by atomic mass is 14.6. The van der Waals surface area contributed by atoms with Crippen molar-refractivity contribution in [2.75, 3.05) is 0 Å². The Morgan fingerprint density at radius 3 is 0.702 bits per heavy atom. The van der Waals surface area contributed by atoms with Gasteiger partial charge in [-0.3, -0.25) is 0 Å². The Labute approximate surface area is 293 Å². The minimum atomic E-state index is 1.14. The molecule has 0 nitrogen and oxygen atoms in total. The summed E-state index contributed by atoms with van der Waals surface area (Å²) in [7, 11) is 0. The van der Waals surface area contributed by atoms with Crippen LogP contribution in [0.1, 0.15) is 212 Å². The Morgan fingerprint density at radius 2 is 0.447 bits per heavy atom. The van der Waals surface area contributed by atoms with Crippen molar-refractivity contribution in [3.05, 3.63) is 0 Å². The third-order valence-electron chi connectivity index (χ3n) is 17.8. The Balaban J connectivity index is 0.0000000831. The number of hydrogen-bond donors (Lipinski definition) is 0. The number of fused-ring (bicyclic) bond motifs is 14.